The topological polar surface area (TPSA) is 155 Å². The van der Waals surface area contributed by atoms with Crippen LogP contribution in [0.5, 0.6) is 0 Å². The molecule has 0 aliphatic rings. The Bertz CT molecular complexity index is 863. The van der Waals surface area contributed by atoms with E-state index in [1.807, 2.05) is 44.2 Å². The number of hydroxylamine groups is 2. The number of nitrogens with zero attached hydrogens (tertiary/aromatic N) is 1. The molecule has 1 rings (SSSR count). The molecule has 0 spiro atoms. The first-order valence-electron chi connectivity index (χ1n) is 11.2. The van der Waals surface area contributed by atoms with Crippen molar-refractivity contribution >= 4 is 29.7 Å². The van der Waals surface area contributed by atoms with Crippen molar-refractivity contribution in [3.63, 3.8) is 0 Å². The number of hydrogen-bond donors (Lipinski definition) is 4. The number of amides is 5. The Kier molecular flexibility index (Phi) is 12.8. The first-order valence-corrected chi connectivity index (χ1v) is 11.2. The normalized spacial score (nSPS) is 12.2. The van der Waals surface area contributed by atoms with Crippen LogP contribution in [0.25, 0.3) is 0 Å². The van der Waals surface area contributed by atoms with E-state index in [0.29, 0.717) is 6.42 Å². The van der Waals surface area contributed by atoms with E-state index in [9.17, 15) is 24.0 Å². The van der Waals surface area contributed by atoms with Crippen LogP contribution in [0.15, 0.2) is 30.3 Å². The molecule has 0 saturated carbocycles. The van der Waals surface area contributed by atoms with Gasteiger partial charge in [0.05, 0.1) is 20.2 Å². The van der Waals surface area contributed by atoms with Gasteiger partial charge in [0.1, 0.15) is 18.7 Å². The summed E-state index contributed by atoms with van der Waals surface area (Å²) >= 11 is 0. The molecule has 5 amide bonds. The fourth-order valence-corrected chi connectivity index (χ4v) is 2.76. The Labute approximate surface area is 205 Å². The predicted octanol–water partition coefficient (Wildman–Crippen LogP) is 0.0844. The number of alkyl carbamates (subject to hydrolysis) is 1. The Morgan fingerprint density at radius 3 is 2.17 bits per heavy atom. The SMILES string of the molecule is CON(C)C(=O)CNC(=O)CNC(=O)[C@H](C)NC(=O)[C@H](CC(C)C)NC(=O)OCc1ccccc1. The maximum Gasteiger partial charge on any atom is 0.408 e. The number of carbonyl (C=O) groups excluding carboxylic acids is 5. The van der Waals surface area contributed by atoms with Gasteiger partial charge in [-0.05, 0) is 24.8 Å². The summed E-state index contributed by atoms with van der Waals surface area (Å²) in [5, 5.41) is 10.7. The zero-order chi connectivity index (χ0) is 26.4. The third kappa shape index (κ3) is 11.8. The van der Waals surface area contributed by atoms with E-state index in [1.165, 1.54) is 21.1 Å². The predicted molar refractivity (Wildman–Crippen MR) is 126 cm³/mol. The van der Waals surface area contributed by atoms with E-state index in [1.54, 1.807) is 0 Å². The van der Waals surface area contributed by atoms with Crippen LogP contribution >= 0.6 is 0 Å². The van der Waals surface area contributed by atoms with Gasteiger partial charge in [-0.15, -0.1) is 0 Å². The molecule has 0 unspecified atom stereocenters. The Balaban J connectivity index is 2.52. The minimum atomic E-state index is -0.978. The molecule has 0 saturated heterocycles. The van der Waals surface area contributed by atoms with Crippen molar-refractivity contribution < 1.29 is 33.5 Å². The largest absolute Gasteiger partial charge is 0.445 e. The van der Waals surface area contributed by atoms with E-state index in [4.69, 9.17) is 9.57 Å². The zero-order valence-electron chi connectivity index (χ0n) is 20.8. The molecule has 1 aromatic carbocycles. The van der Waals surface area contributed by atoms with E-state index in [0.717, 1.165) is 10.6 Å². The highest BCUT2D eigenvalue weighted by Crippen LogP contribution is 2.07. The van der Waals surface area contributed by atoms with Gasteiger partial charge >= 0.3 is 6.09 Å². The van der Waals surface area contributed by atoms with Gasteiger partial charge in [0.15, 0.2) is 0 Å². The first kappa shape index (κ1) is 29.4. The standard InChI is InChI=1S/C23H35N5O7/c1-15(2)11-18(27-23(33)35-14-17-9-7-6-8-10-17)22(32)26-16(3)21(31)25-12-19(29)24-13-20(30)28(4)34-5/h6-10,15-16,18H,11-14H2,1-5H3,(H,24,29)(H,25,31)(H,26,32)(H,27,33)/t16-,18-/m0/s1. The molecule has 12 heteroatoms. The molecule has 12 nitrogen and oxygen atoms in total. The Morgan fingerprint density at radius 2 is 1.57 bits per heavy atom. The molecule has 2 atom stereocenters. The van der Waals surface area contributed by atoms with Crippen LogP contribution in [0, 0.1) is 5.92 Å². The van der Waals surface area contributed by atoms with Crippen LogP contribution in [-0.4, -0.2) is 74.1 Å². The van der Waals surface area contributed by atoms with Crippen molar-refractivity contribution in [3.05, 3.63) is 35.9 Å². The molecule has 0 aliphatic carbocycles. The molecule has 0 aromatic heterocycles. The average molecular weight is 494 g/mol. The lowest BCUT2D eigenvalue weighted by Gasteiger charge is -2.22. The third-order valence-corrected chi connectivity index (χ3v) is 4.77. The molecule has 35 heavy (non-hydrogen) atoms. The Hall–Kier alpha value is -3.67. The highest BCUT2D eigenvalue weighted by molar-refractivity contribution is 5.93. The van der Waals surface area contributed by atoms with Crippen LogP contribution in [0.2, 0.25) is 0 Å². The van der Waals surface area contributed by atoms with Gasteiger partial charge in [0.25, 0.3) is 5.91 Å². The molecular formula is C23H35N5O7. The van der Waals surface area contributed by atoms with Crippen LogP contribution in [0.1, 0.15) is 32.8 Å². The fourth-order valence-electron chi connectivity index (χ4n) is 2.76. The molecule has 0 radical (unpaired) electrons. The van der Waals surface area contributed by atoms with E-state index < -0.39 is 41.8 Å². The lowest BCUT2D eigenvalue weighted by molar-refractivity contribution is -0.167. The number of rotatable bonds is 13. The fraction of sp³-hybridized carbons (Fsp3) is 0.522. The van der Waals surface area contributed by atoms with Gasteiger partial charge in [-0.1, -0.05) is 44.2 Å². The molecule has 0 bridgehead atoms. The van der Waals surface area contributed by atoms with Crippen molar-refractivity contribution in [2.24, 2.45) is 5.92 Å². The minimum Gasteiger partial charge on any atom is -0.445 e. The summed E-state index contributed by atoms with van der Waals surface area (Å²) in [4.78, 5) is 65.3. The Morgan fingerprint density at radius 1 is 0.914 bits per heavy atom. The second-order valence-electron chi connectivity index (χ2n) is 8.19. The lowest BCUT2D eigenvalue weighted by atomic mass is 10.0. The zero-order valence-corrected chi connectivity index (χ0v) is 20.8. The van der Waals surface area contributed by atoms with Gasteiger partial charge in [-0.25, -0.2) is 9.86 Å². The maximum atomic E-state index is 12.7. The smallest absolute Gasteiger partial charge is 0.408 e. The number of benzene rings is 1. The van der Waals surface area contributed by atoms with Gasteiger partial charge in [-0.2, -0.15) is 0 Å². The van der Waals surface area contributed by atoms with Crippen LogP contribution in [-0.2, 0) is 35.4 Å². The van der Waals surface area contributed by atoms with Crippen molar-refractivity contribution in [2.75, 3.05) is 27.2 Å². The minimum absolute atomic E-state index is 0.0525. The van der Waals surface area contributed by atoms with Crippen LogP contribution < -0.4 is 21.3 Å². The highest BCUT2D eigenvalue weighted by atomic mass is 16.7. The van der Waals surface area contributed by atoms with E-state index in [-0.39, 0.29) is 25.6 Å². The van der Waals surface area contributed by atoms with Crippen molar-refractivity contribution in [3.8, 4) is 0 Å². The average Bonchev–Trinajstić information content (AvgIpc) is 2.83. The van der Waals surface area contributed by atoms with Crippen LogP contribution in [0.4, 0.5) is 4.79 Å². The summed E-state index contributed by atoms with van der Waals surface area (Å²) in [6.45, 7) is 4.60. The van der Waals surface area contributed by atoms with Gasteiger partial charge in [0.2, 0.25) is 17.7 Å². The van der Waals surface area contributed by atoms with Crippen molar-refractivity contribution in [1.29, 1.82) is 0 Å². The second-order valence-corrected chi connectivity index (χ2v) is 8.19. The van der Waals surface area contributed by atoms with Crippen molar-refractivity contribution in [1.82, 2.24) is 26.3 Å². The molecule has 0 aliphatic heterocycles. The van der Waals surface area contributed by atoms with E-state index in [2.05, 4.69) is 21.3 Å². The lowest BCUT2D eigenvalue weighted by Crippen LogP contribution is -2.54. The number of ether oxygens (including phenoxy) is 1. The summed E-state index contributed by atoms with van der Waals surface area (Å²) in [5.41, 5.74) is 0.803. The second kappa shape index (κ2) is 15.3. The number of hydrogen-bond acceptors (Lipinski definition) is 7. The summed E-state index contributed by atoms with van der Waals surface area (Å²) in [7, 11) is 2.70. The number of carbonyl (C=O) groups is 5. The van der Waals surface area contributed by atoms with Gasteiger partial charge in [0, 0.05) is 7.05 Å². The maximum absolute atomic E-state index is 12.7. The number of likely N-dealkylation sites (N-methyl/N-ethyl adjacent to an activating group) is 1. The van der Waals surface area contributed by atoms with Crippen molar-refractivity contribution in [2.45, 2.75) is 45.9 Å². The molecule has 0 heterocycles. The summed E-state index contributed by atoms with van der Waals surface area (Å²) in [6, 6.07) is 7.21. The summed E-state index contributed by atoms with van der Waals surface area (Å²) in [6.07, 6.45) is -0.426. The monoisotopic (exact) mass is 493 g/mol. The molecule has 0 fully saturated rings. The van der Waals surface area contributed by atoms with Crippen LogP contribution in [0.3, 0.4) is 0 Å². The molecule has 194 valence electrons. The quantitative estimate of drug-likeness (QED) is 0.284. The molecule has 4 N–H and O–H groups in total. The molecule has 1 aromatic rings. The first-order chi connectivity index (χ1) is 16.5. The molecular weight excluding hydrogens is 458 g/mol. The highest BCUT2D eigenvalue weighted by Gasteiger charge is 2.26. The third-order valence-electron chi connectivity index (χ3n) is 4.77. The van der Waals surface area contributed by atoms with E-state index >= 15 is 0 Å². The van der Waals surface area contributed by atoms with Gasteiger partial charge < -0.3 is 26.0 Å². The summed E-state index contributed by atoms with van der Waals surface area (Å²) < 4.78 is 5.18. The van der Waals surface area contributed by atoms with Gasteiger partial charge in [-0.3, -0.25) is 24.0 Å². The summed E-state index contributed by atoms with van der Waals surface area (Å²) in [5.74, 6) is -2.15. The number of nitrogens with one attached hydrogen (secondary N) is 4.